The van der Waals surface area contributed by atoms with E-state index in [0.717, 1.165) is 0 Å². The highest BCUT2D eigenvalue weighted by Crippen LogP contribution is 2.03. The molecule has 1 aliphatic rings. The fraction of sp³-hybridized carbons (Fsp3) is 0.667. The van der Waals surface area contributed by atoms with E-state index in [0.29, 0.717) is 19.7 Å². The molecule has 0 aromatic carbocycles. The SMILES string of the molecule is C=CCN1CC(O)CO1. The van der Waals surface area contributed by atoms with Crippen molar-refractivity contribution in [2.75, 3.05) is 19.7 Å². The molecular weight excluding hydrogens is 118 g/mol. The molecule has 0 spiro atoms. The highest BCUT2D eigenvalue weighted by Gasteiger charge is 2.19. The summed E-state index contributed by atoms with van der Waals surface area (Å²) in [5.41, 5.74) is 0. The summed E-state index contributed by atoms with van der Waals surface area (Å²) >= 11 is 0. The van der Waals surface area contributed by atoms with Crippen molar-refractivity contribution < 1.29 is 9.94 Å². The van der Waals surface area contributed by atoms with Crippen LogP contribution < -0.4 is 0 Å². The second-order valence-electron chi connectivity index (χ2n) is 2.09. The van der Waals surface area contributed by atoms with Crippen LogP contribution in [0, 0.1) is 0 Å². The molecule has 0 radical (unpaired) electrons. The van der Waals surface area contributed by atoms with E-state index in [9.17, 15) is 0 Å². The van der Waals surface area contributed by atoms with Gasteiger partial charge in [0.15, 0.2) is 0 Å². The third-order valence-corrected chi connectivity index (χ3v) is 1.20. The minimum atomic E-state index is -0.315. The van der Waals surface area contributed by atoms with E-state index in [1.807, 2.05) is 0 Å². The van der Waals surface area contributed by atoms with Gasteiger partial charge in [0.05, 0.1) is 19.3 Å². The van der Waals surface area contributed by atoms with E-state index in [2.05, 4.69) is 6.58 Å². The zero-order valence-corrected chi connectivity index (χ0v) is 5.29. The monoisotopic (exact) mass is 129 g/mol. The number of hydroxylamine groups is 2. The van der Waals surface area contributed by atoms with Gasteiger partial charge in [-0.2, -0.15) is 5.06 Å². The summed E-state index contributed by atoms with van der Waals surface area (Å²) in [7, 11) is 0. The molecule has 0 aromatic rings. The Hall–Kier alpha value is -0.380. The highest BCUT2D eigenvalue weighted by molar-refractivity contribution is 4.73. The highest BCUT2D eigenvalue weighted by atomic mass is 16.7. The van der Waals surface area contributed by atoms with Crippen LogP contribution in [0.1, 0.15) is 0 Å². The van der Waals surface area contributed by atoms with Crippen LogP contribution >= 0.6 is 0 Å². The number of nitrogens with zero attached hydrogens (tertiary/aromatic N) is 1. The quantitative estimate of drug-likeness (QED) is 0.523. The number of rotatable bonds is 2. The molecule has 3 nitrogen and oxygen atoms in total. The van der Waals surface area contributed by atoms with Crippen LogP contribution in [0.5, 0.6) is 0 Å². The lowest BCUT2D eigenvalue weighted by atomic mass is 10.4. The second-order valence-corrected chi connectivity index (χ2v) is 2.09. The standard InChI is InChI=1S/C6H11NO2/c1-2-3-7-4-6(8)5-9-7/h2,6,8H,1,3-5H2. The van der Waals surface area contributed by atoms with Crippen molar-refractivity contribution >= 4 is 0 Å². The molecule has 52 valence electrons. The molecule has 0 amide bonds. The Labute approximate surface area is 54.5 Å². The van der Waals surface area contributed by atoms with Crippen molar-refractivity contribution in [3.05, 3.63) is 12.7 Å². The van der Waals surface area contributed by atoms with E-state index in [-0.39, 0.29) is 6.10 Å². The third kappa shape index (κ3) is 1.78. The van der Waals surface area contributed by atoms with Crippen molar-refractivity contribution in [2.24, 2.45) is 0 Å². The fourth-order valence-electron chi connectivity index (χ4n) is 0.803. The van der Waals surface area contributed by atoms with E-state index >= 15 is 0 Å². The van der Waals surface area contributed by atoms with Crippen molar-refractivity contribution in [3.63, 3.8) is 0 Å². The fourth-order valence-corrected chi connectivity index (χ4v) is 0.803. The Balaban J connectivity index is 2.21. The molecule has 0 saturated carbocycles. The molecule has 0 bridgehead atoms. The molecule has 1 rings (SSSR count). The minimum absolute atomic E-state index is 0.315. The summed E-state index contributed by atoms with van der Waals surface area (Å²) in [5, 5.41) is 10.6. The molecule has 9 heavy (non-hydrogen) atoms. The largest absolute Gasteiger partial charge is 0.389 e. The lowest BCUT2D eigenvalue weighted by Gasteiger charge is -2.08. The average molecular weight is 129 g/mol. The molecule has 1 fully saturated rings. The van der Waals surface area contributed by atoms with Crippen molar-refractivity contribution in [1.82, 2.24) is 5.06 Å². The maximum Gasteiger partial charge on any atom is 0.0958 e. The van der Waals surface area contributed by atoms with Gasteiger partial charge in [0.25, 0.3) is 0 Å². The first-order valence-corrected chi connectivity index (χ1v) is 2.99. The maximum atomic E-state index is 8.93. The van der Waals surface area contributed by atoms with Gasteiger partial charge in [-0.05, 0) is 0 Å². The van der Waals surface area contributed by atoms with Crippen LogP contribution in [0.2, 0.25) is 0 Å². The summed E-state index contributed by atoms with van der Waals surface area (Å²) in [5.74, 6) is 0. The van der Waals surface area contributed by atoms with Gasteiger partial charge in [0, 0.05) is 6.54 Å². The third-order valence-electron chi connectivity index (χ3n) is 1.20. The molecule has 1 N–H and O–H groups in total. The van der Waals surface area contributed by atoms with E-state index in [1.165, 1.54) is 0 Å². The van der Waals surface area contributed by atoms with E-state index in [1.54, 1.807) is 11.1 Å². The first-order valence-electron chi connectivity index (χ1n) is 2.99. The Kier molecular flexibility index (Phi) is 2.22. The van der Waals surface area contributed by atoms with Crippen LogP contribution in [-0.4, -0.2) is 36.0 Å². The average Bonchev–Trinajstić information content (AvgIpc) is 2.17. The molecule has 1 unspecified atom stereocenters. The number of aliphatic hydroxyl groups excluding tert-OH is 1. The topological polar surface area (TPSA) is 32.7 Å². The number of aliphatic hydroxyl groups is 1. The van der Waals surface area contributed by atoms with Crippen molar-refractivity contribution in [1.29, 1.82) is 0 Å². The lowest BCUT2D eigenvalue weighted by Crippen LogP contribution is -2.20. The zero-order chi connectivity index (χ0) is 6.69. The molecule has 0 aromatic heterocycles. The van der Waals surface area contributed by atoms with Crippen LogP contribution in [0.4, 0.5) is 0 Å². The first kappa shape index (κ1) is 6.74. The number of hydrogen-bond acceptors (Lipinski definition) is 3. The van der Waals surface area contributed by atoms with Crippen molar-refractivity contribution in [3.8, 4) is 0 Å². The molecular formula is C6H11NO2. The van der Waals surface area contributed by atoms with Gasteiger partial charge in [0.2, 0.25) is 0 Å². The van der Waals surface area contributed by atoms with Gasteiger partial charge >= 0.3 is 0 Å². The zero-order valence-electron chi connectivity index (χ0n) is 5.29. The smallest absolute Gasteiger partial charge is 0.0958 e. The molecule has 1 saturated heterocycles. The van der Waals surface area contributed by atoms with Crippen LogP contribution in [0.25, 0.3) is 0 Å². The minimum Gasteiger partial charge on any atom is -0.389 e. The normalized spacial score (nSPS) is 28.8. The summed E-state index contributed by atoms with van der Waals surface area (Å²) in [6.07, 6.45) is 1.43. The molecule has 0 aliphatic carbocycles. The summed E-state index contributed by atoms with van der Waals surface area (Å²) < 4.78 is 0. The Morgan fingerprint density at radius 3 is 3.11 bits per heavy atom. The Morgan fingerprint density at radius 1 is 1.89 bits per heavy atom. The van der Waals surface area contributed by atoms with Gasteiger partial charge < -0.3 is 5.11 Å². The van der Waals surface area contributed by atoms with Crippen LogP contribution in [-0.2, 0) is 4.84 Å². The lowest BCUT2D eigenvalue weighted by molar-refractivity contribution is -0.101. The van der Waals surface area contributed by atoms with Gasteiger partial charge in [0.1, 0.15) is 0 Å². The Morgan fingerprint density at radius 2 is 2.67 bits per heavy atom. The van der Waals surface area contributed by atoms with Gasteiger partial charge in [-0.15, -0.1) is 6.58 Å². The van der Waals surface area contributed by atoms with Gasteiger partial charge in [-0.25, -0.2) is 0 Å². The van der Waals surface area contributed by atoms with E-state index in [4.69, 9.17) is 9.94 Å². The molecule has 3 heteroatoms. The molecule has 1 heterocycles. The van der Waals surface area contributed by atoms with Gasteiger partial charge in [-0.1, -0.05) is 6.08 Å². The number of hydrogen-bond donors (Lipinski definition) is 1. The first-order chi connectivity index (χ1) is 4.33. The summed E-state index contributed by atoms with van der Waals surface area (Å²) in [6.45, 7) is 5.27. The van der Waals surface area contributed by atoms with Gasteiger partial charge in [-0.3, -0.25) is 4.84 Å². The van der Waals surface area contributed by atoms with Crippen LogP contribution in [0.3, 0.4) is 0 Å². The Bertz CT molecular complexity index is 105. The predicted molar refractivity (Wildman–Crippen MR) is 33.7 cm³/mol. The second kappa shape index (κ2) is 2.96. The summed E-state index contributed by atoms with van der Waals surface area (Å²) in [4.78, 5) is 5.02. The summed E-state index contributed by atoms with van der Waals surface area (Å²) in [6, 6.07) is 0. The molecule has 1 atom stereocenters. The van der Waals surface area contributed by atoms with Crippen molar-refractivity contribution in [2.45, 2.75) is 6.10 Å². The number of β-amino-alcohol motifs (C(OH)–C–C–N with tert-alkyl or cyclic N) is 1. The molecule has 1 aliphatic heterocycles. The predicted octanol–water partition coefficient (Wildman–Crippen LogP) is -0.219. The van der Waals surface area contributed by atoms with E-state index < -0.39 is 0 Å². The maximum absolute atomic E-state index is 8.93. The van der Waals surface area contributed by atoms with Crippen LogP contribution in [0.15, 0.2) is 12.7 Å².